The molecule has 6 nitrogen and oxygen atoms in total. The second-order valence-corrected chi connectivity index (χ2v) is 7.05. The third-order valence-electron chi connectivity index (χ3n) is 4.67. The zero-order chi connectivity index (χ0) is 19.8. The molecule has 0 bridgehead atoms. The Balaban J connectivity index is 1.72. The molecule has 0 spiro atoms. The summed E-state index contributed by atoms with van der Waals surface area (Å²) < 4.78 is 0. The third-order valence-corrected chi connectivity index (χ3v) is 4.67. The topological polar surface area (TPSA) is 84.0 Å². The predicted octanol–water partition coefficient (Wildman–Crippen LogP) is 2.85. The van der Waals surface area contributed by atoms with Gasteiger partial charge in [-0.3, -0.25) is 14.6 Å². The number of amides is 2. The molecule has 1 aliphatic rings. The molecule has 3 rings (SSSR count). The smallest absolute Gasteiger partial charge is 0.227 e. The number of aromatic nitrogens is 2. The van der Waals surface area contributed by atoms with Gasteiger partial charge in [0.05, 0.1) is 6.42 Å². The van der Waals surface area contributed by atoms with Gasteiger partial charge in [-0.2, -0.15) is 0 Å². The van der Waals surface area contributed by atoms with Crippen molar-refractivity contribution in [3.05, 3.63) is 54.0 Å². The van der Waals surface area contributed by atoms with Gasteiger partial charge in [-0.25, -0.2) is 4.98 Å². The van der Waals surface area contributed by atoms with Crippen LogP contribution in [-0.2, 0) is 16.0 Å². The number of rotatable bonds is 4. The van der Waals surface area contributed by atoms with Crippen molar-refractivity contribution in [1.82, 2.24) is 15.3 Å². The molecule has 0 unspecified atom stereocenters. The monoisotopic (exact) mass is 376 g/mol. The van der Waals surface area contributed by atoms with Gasteiger partial charge in [0.1, 0.15) is 11.4 Å². The summed E-state index contributed by atoms with van der Waals surface area (Å²) in [5.41, 5.74) is 0.982. The number of hydrogen-bond acceptors (Lipinski definition) is 4. The molecule has 2 amide bonds. The van der Waals surface area contributed by atoms with Crippen molar-refractivity contribution < 1.29 is 9.59 Å². The largest absolute Gasteiger partial charge is 0.339 e. The van der Waals surface area contributed by atoms with Gasteiger partial charge < -0.3 is 10.6 Å². The highest BCUT2D eigenvalue weighted by Gasteiger charge is 2.31. The molecule has 0 atom stereocenters. The Labute approximate surface area is 165 Å². The highest BCUT2D eigenvalue weighted by Crippen LogP contribution is 2.28. The van der Waals surface area contributed by atoms with E-state index in [1.807, 2.05) is 24.3 Å². The Hall–Kier alpha value is -3.20. The number of pyridine rings is 2. The number of anilines is 1. The standard InChI is InChI=1S/C22H24N4O2/c1-17(27)25-20-9-8-18(16-24-20)10-13-22(11-4-2-5-12-22)26-21(28)15-19-7-3-6-14-23-19/h3,6-9,14,16H,2,4-5,11-12,15H2,1H3,(H,26,28)(H,24,25,27). The maximum atomic E-state index is 12.6. The molecule has 0 saturated heterocycles. The van der Waals surface area contributed by atoms with Crippen molar-refractivity contribution in [3.8, 4) is 11.8 Å². The summed E-state index contributed by atoms with van der Waals surface area (Å²) in [5.74, 6) is 6.72. The lowest BCUT2D eigenvalue weighted by molar-refractivity contribution is -0.122. The molecule has 28 heavy (non-hydrogen) atoms. The summed E-state index contributed by atoms with van der Waals surface area (Å²) in [6.07, 6.45) is 8.48. The quantitative estimate of drug-likeness (QED) is 0.804. The van der Waals surface area contributed by atoms with Gasteiger partial charge in [0.2, 0.25) is 11.8 Å². The molecular weight excluding hydrogens is 352 g/mol. The first-order valence-corrected chi connectivity index (χ1v) is 9.52. The molecule has 0 radical (unpaired) electrons. The molecule has 0 aromatic carbocycles. The van der Waals surface area contributed by atoms with E-state index in [2.05, 4.69) is 32.4 Å². The lowest BCUT2D eigenvalue weighted by atomic mass is 9.81. The Bertz CT molecular complexity index is 876. The zero-order valence-corrected chi connectivity index (χ0v) is 16.0. The normalized spacial score (nSPS) is 15.0. The van der Waals surface area contributed by atoms with Crippen LogP contribution in [0, 0.1) is 11.8 Å². The third kappa shape index (κ3) is 5.65. The summed E-state index contributed by atoms with van der Waals surface area (Å²) in [5, 5.41) is 5.79. The Morgan fingerprint density at radius 3 is 2.57 bits per heavy atom. The molecule has 2 N–H and O–H groups in total. The van der Waals surface area contributed by atoms with Gasteiger partial charge in [0.25, 0.3) is 0 Å². The average molecular weight is 376 g/mol. The molecule has 0 aliphatic heterocycles. The average Bonchev–Trinajstić information content (AvgIpc) is 2.68. The van der Waals surface area contributed by atoms with E-state index >= 15 is 0 Å². The van der Waals surface area contributed by atoms with Crippen LogP contribution in [0.25, 0.3) is 0 Å². The van der Waals surface area contributed by atoms with E-state index in [1.54, 1.807) is 18.5 Å². The molecule has 1 saturated carbocycles. The van der Waals surface area contributed by atoms with Crippen LogP contribution in [0.4, 0.5) is 5.82 Å². The number of nitrogens with one attached hydrogen (secondary N) is 2. The minimum atomic E-state index is -0.513. The van der Waals surface area contributed by atoms with Crippen molar-refractivity contribution in [2.45, 2.75) is 51.0 Å². The summed E-state index contributed by atoms with van der Waals surface area (Å²) in [4.78, 5) is 32.1. The molecule has 1 aliphatic carbocycles. The van der Waals surface area contributed by atoms with E-state index in [4.69, 9.17) is 0 Å². The molecule has 2 aromatic rings. The second kappa shape index (κ2) is 9.14. The first-order valence-electron chi connectivity index (χ1n) is 9.52. The number of carbonyl (C=O) groups is 2. The van der Waals surface area contributed by atoms with Crippen LogP contribution in [0.5, 0.6) is 0 Å². The van der Waals surface area contributed by atoms with Crippen LogP contribution >= 0.6 is 0 Å². The number of hydrogen-bond donors (Lipinski definition) is 2. The summed E-state index contributed by atoms with van der Waals surface area (Å²) in [6, 6.07) is 9.10. The van der Waals surface area contributed by atoms with Crippen LogP contribution in [0.1, 0.15) is 50.3 Å². The first kappa shape index (κ1) is 19.6. The molecule has 2 aromatic heterocycles. The van der Waals surface area contributed by atoms with Crippen molar-refractivity contribution in [1.29, 1.82) is 0 Å². The molecular formula is C22H24N4O2. The summed E-state index contributed by atoms with van der Waals surface area (Å²) in [6.45, 7) is 1.44. The Kier molecular flexibility index (Phi) is 6.38. The maximum absolute atomic E-state index is 12.6. The SMILES string of the molecule is CC(=O)Nc1ccc(C#CC2(NC(=O)Cc3ccccn3)CCCCC2)cn1. The fraction of sp³-hybridized carbons (Fsp3) is 0.364. The minimum absolute atomic E-state index is 0.0611. The van der Waals surface area contributed by atoms with Gasteiger partial charge in [-0.15, -0.1) is 0 Å². The minimum Gasteiger partial charge on any atom is -0.339 e. The molecule has 1 fully saturated rings. The van der Waals surface area contributed by atoms with Crippen LogP contribution in [0.2, 0.25) is 0 Å². The summed E-state index contributed by atoms with van der Waals surface area (Å²) in [7, 11) is 0. The highest BCUT2D eigenvalue weighted by atomic mass is 16.2. The fourth-order valence-electron chi connectivity index (χ4n) is 3.33. The van der Waals surface area contributed by atoms with Crippen LogP contribution in [-0.4, -0.2) is 27.3 Å². The van der Waals surface area contributed by atoms with E-state index in [-0.39, 0.29) is 18.2 Å². The lowest BCUT2D eigenvalue weighted by Crippen LogP contribution is -2.49. The Morgan fingerprint density at radius 2 is 1.93 bits per heavy atom. The van der Waals surface area contributed by atoms with E-state index in [9.17, 15) is 9.59 Å². The lowest BCUT2D eigenvalue weighted by Gasteiger charge is -2.33. The van der Waals surface area contributed by atoms with Crippen molar-refractivity contribution >= 4 is 17.6 Å². The second-order valence-electron chi connectivity index (χ2n) is 7.05. The predicted molar refractivity (Wildman–Crippen MR) is 107 cm³/mol. The zero-order valence-electron chi connectivity index (χ0n) is 16.0. The van der Waals surface area contributed by atoms with Crippen LogP contribution in [0.3, 0.4) is 0 Å². The van der Waals surface area contributed by atoms with Crippen LogP contribution < -0.4 is 10.6 Å². The highest BCUT2D eigenvalue weighted by molar-refractivity contribution is 5.87. The first-order chi connectivity index (χ1) is 13.5. The van der Waals surface area contributed by atoms with Gasteiger partial charge in [0.15, 0.2) is 0 Å². The van der Waals surface area contributed by atoms with E-state index in [1.165, 1.54) is 6.92 Å². The summed E-state index contributed by atoms with van der Waals surface area (Å²) >= 11 is 0. The maximum Gasteiger partial charge on any atom is 0.227 e. The number of carbonyl (C=O) groups excluding carboxylic acids is 2. The number of nitrogens with zero attached hydrogens (tertiary/aromatic N) is 2. The van der Waals surface area contributed by atoms with Gasteiger partial charge in [-0.1, -0.05) is 37.2 Å². The van der Waals surface area contributed by atoms with E-state index < -0.39 is 5.54 Å². The van der Waals surface area contributed by atoms with Crippen LogP contribution in [0.15, 0.2) is 42.7 Å². The van der Waals surface area contributed by atoms with E-state index in [0.717, 1.165) is 43.4 Å². The van der Waals surface area contributed by atoms with E-state index in [0.29, 0.717) is 5.82 Å². The molecule has 2 heterocycles. The van der Waals surface area contributed by atoms with Crippen molar-refractivity contribution in [2.24, 2.45) is 0 Å². The van der Waals surface area contributed by atoms with Crippen molar-refractivity contribution in [3.63, 3.8) is 0 Å². The van der Waals surface area contributed by atoms with Gasteiger partial charge >= 0.3 is 0 Å². The fourth-order valence-corrected chi connectivity index (χ4v) is 3.33. The van der Waals surface area contributed by atoms with Gasteiger partial charge in [-0.05, 0) is 37.1 Å². The molecule has 6 heteroatoms. The van der Waals surface area contributed by atoms with Crippen molar-refractivity contribution in [2.75, 3.05) is 5.32 Å². The van der Waals surface area contributed by atoms with Gasteiger partial charge in [0, 0.05) is 30.6 Å². The molecule has 144 valence electrons. The Morgan fingerprint density at radius 1 is 1.11 bits per heavy atom.